The number of hydrogen-bond acceptors (Lipinski definition) is 5. The molecule has 1 aliphatic rings. The lowest BCUT2D eigenvalue weighted by atomic mass is 10.0. The lowest BCUT2D eigenvalue weighted by molar-refractivity contribution is -0.129. The topological polar surface area (TPSA) is 120 Å². The van der Waals surface area contributed by atoms with E-state index < -0.39 is 0 Å². The van der Waals surface area contributed by atoms with Gasteiger partial charge in [-0.15, -0.1) is 0 Å². The lowest BCUT2D eigenvalue weighted by Crippen LogP contribution is -2.35. The van der Waals surface area contributed by atoms with E-state index in [1.807, 2.05) is 48.5 Å². The van der Waals surface area contributed by atoms with Gasteiger partial charge in [0.05, 0.1) is 6.04 Å². The first-order valence-electron chi connectivity index (χ1n) is 11.5. The zero-order valence-electron chi connectivity index (χ0n) is 18.7. The number of carbonyl (C=O) groups is 3. The van der Waals surface area contributed by atoms with Crippen LogP contribution < -0.4 is 21.4 Å². The molecule has 0 radical (unpaired) electrons. The lowest BCUT2D eigenvalue weighted by Gasteiger charge is -2.15. The van der Waals surface area contributed by atoms with Gasteiger partial charge >= 0.3 is 0 Å². The largest absolute Gasteiger partial charge is 0.326 e. The third-order valence-corrected chi connectivity index (χ3v) is 5.72. The summed E-state index contributed by atoms with van der Waals surface area (Å²) in [7, 11) is 0. The van der Waals surface area contributed by atoms with Crippen molar-refractivity contribution in [3.05, 3.63) is 48.5 Å². The number of nitrogens with one attached hydrogen (secondary N) is 4. The van der Waals surface area contributed by atoms with Crippen LogP contribution in [0.2, 0.25) is 0 Å². The van der Waals surface area contributed by atoms with Crippen molar-refractivity contribution in [1.82, 2.24) is 10.8 Å². The highest BCUT2D eigenvalue weighted by Gasteiger charge is 2.22. The van der Waals surface area contributed by atoms with Crippen LogP contribution in [0, 0.1) is 0 Å². The molecule has 0 aliphatic carbocycles. The van der Waals surface area contributed by atoms with Gasteiger partial charge in [0.25, 0.3) is 0 Å². The first-order chi connectivity index (χ1) is 16.1. The van der Waals surface area contributed by atoms with Crippen molar-refractivity contribution in [2.45, 2.75) is 57.4 Å². The van der Waals surface area contributed by atoms with Gasteiger partial charge in [0.1, 0.15) is 0 Å². The van der Waals surface area contributed by atoms with Crippen molar-refractivity contribution < 1.29 is 19.6 Å². The molecule has 1 heterocycles. The minimum absolute atomic E-state index is 0.0134. The molecular formula is C25H32N4O4. The summed E-state index contributed by atoms with van der Waals surface area (Å²) in [4.78, 5) is 35.7. The zero-order valence-corrected chi connectivity index (χ0v) is 18.7. The first kappa shape index (κ1) is 24.4. The predicted octanol–water partition coefficient (Wildman–Crippen LogP) is 3.83. The summed E-state index contributed by atoms with van der Waals surface area (Å²) in [6, 6.07) is 15.1. The highest BCUT2D eigenvalue weighted by Crippen LogP contribution is 2.29. The molecule has 5 N–H and O–H groups in total. The monoisotopic (exact) mass is 452 g/mol. The molecule has 8 nitrogen and oxygen atoms in total. The molecular weight excluding hydrogens is 420 g/mol. The molecule has 3 rings (SSSR count). The van der Waals surface area contributed by atoms with Gasteiger partial charge in [-0.25, -0.2) is 5.48 Å². The van der Waals surface area contributed by atoms with E-state index in [9.17, 15) is 14.4 Å². The highest BCUT2D eigenvalue weighted by atomic mass is 16.5. The number of benzene rings is 2. The third kappa shape index (κ3) is 7.69. The van der Waals surface area contributed by atoms with Crippen molar-refractivity contribution in [1.29, 1.82) is 0 Å². The Labute approximate surface area is 194 Å². The van der Waals surface area contributed by atoms with E-state index in [1.54, 1.807) is 5.48 Å². The number of carbonyl (C=O) groups excluding carboxylic acids is 3. The smallest absolute Gasteiger partial charge is 0.243 e. The van der Waals surface area contributed by atoms with E-state index in [4.69, 9.17) is 5.21 Å². The molecule has 0 spiro atoms. The first-order valence-corrected chi connectivity index (χ1v) is 11.5. The minimum Gasteiger partial charge on any atom is -0.326 e. The Hall–Kier alpha value is -3.23. The van der Waals surface area contributed by atoms with E-state index in [2.05, 4.69) is 16.0 Å². The Balaban J connectivity index is 1.48. The number of amides is 3. The molecule has 8 heteroatoms. The fourth-order valence-corrected chi connectivity index (χ4v) is 3.91. The summed E-state index contributed by atoms with van der Waals surface area (Å²) in [6.07, 6.45) is 5.69. The van der Waals surface area contributed by atoms with Gasteiger partial charge in [-0.05, 0) is 56.0 Å². The van der Waals surface area contributed by atoms with Crippen molar-refractivity contribution in [3.63, 3.8) is 0 Å². The third-order valence-electron chi connectivity index (χ3n) is 5.72. The Morgan fingerprint density at radius 1 is 0.879 bits per heavy atom. The van der Waals surface area contributed by atoms with Crippen LogP contribution in [-0.4, -0.2) is 35.5 Å². The second kappa shape index (κ2) is 12.7. The van der Waals surface area contributed by atoms with Crippen molar-refractivity contribution in [2.24, 2.45) is 0 Å². The average molecular weight is 453 g/mol. The van der Waals surface area contributed by atoms with Gasteiger partial charge < -0.3 is 16.0 Å². The minimum atomic E-state index is -0.382. The van der Waals surface area contributed by atoms with E-state index >= 15 is 0 Å². The SMILES string of the molecule is O=C(CCCCCCC(=O)Nc1ccc(-c2ccccc2NC(=O)[C@@H]2CCCN2)cc1)NO. The van der Waals surface area contributed by atoms with Crippen molar-refractivity contribution in [3.8, 4) is 11.1 Å². The van der Waals surface area contributed by atoms with Crippen molar-refractivity contribution in [2.75, 3.05) is 17.2 Å². The maximum absolute atomic E-state index is 12.5. The van der Waals surface area contributed by atoms with Gasteiger partial charge in [0.2, 0.25) is 17.7 Å². The molecule has 33 heavy (non-hydrogen) atoms. The fraction of sp³-hybridized carbons (Fsp3) is 0.400. The Bertz CT molecular complexity index is 940. The molecule has 0 saturated carbocycles. The molecule has 0 bridgehead atoms. The number of anilines is 2. The quantitative estimate of drug-likeness (QED) is 0.202. The number of para-hydroxylation sites is 1. The molecule has 0 unspecified atom stereocenters. The second-order valence-electron chi connectivity index (χ2n) is 8.26. The maximum Gasteiger partial charge on any atom is 0.243 e. The van der Waals surface area contributed by atoms with E-state index in [0.717, 1.165) is 61.2 Å². The van der Waals surface area contributed by atoms with Gasteiger partial charge in [0.15, 0.2) is 0 Å². The standard InChI is InChI=1S/C25H32N4O4/c30-23(11-3-1-2-4-12-24(31)29-33)27-19-15-13-18(14-16-19)20-8-5-6-9-21(20)28-25(32)22-10-7-17-26-22/h5-6,8-9,13-16,22,26,33H,1-4,7,10-12,17H2,(H,27,30)(H,28,32)(H,29,31)/t22-/m0/s1. The summed E-state index contributed by atoms with van der Waals surface area (Å²) < 4.78 is 0. The van der Waals surface area contributed by atoms with E-state index in [0.29, 0.717) is 19.3 Å². The van der Waals surface area contributed by atoms with Gasteiger partial charge in [-0.3, -0.25) is 19.6 Å². The molecule has 3 amide bonds. The number of hydroxylamine groups is 1. The zero-order chi connectivity index (χ0) is 23.5. The van der Waals surface area contributed by atoms with E-state index in [1.165, 1.54) is 0 Å². The van der Waals surface area contributed by atoms with Crippen LogP contribution in [0.1, 0.15) is 51.4 Å². The van der Waals surface area contributed by atoms with Gasteiger partial charge in [-0.1, -0.05) is 43.2 Å². The molecule has 176 valence electrons. The van der Waals surface area contributed by atoms with Crippen LogP contribution in [-0.2, 0) is 14.4 Å². The average Bonchev–Trinajstić information content (AvgIpc) is 3.37. The van der Waals surface area contributed by atoms with Crippen LogP contribution in [0.5, 0.6) is 0 Å². The molecule has 0 aromatic heterocycles. The molecule has 2 aromatic carbocycles. The number of unbranched alkanes of at least 4 members (excludes halogenated alkanes) is 3. The normalized spacial score (nSPS) is 15.1. The number of hydrogen-bond donors (Lipinski definition) is 5. The summed E-state index contributed by atoms with van der Waals surface area (Å²) in [6.45, 7) is 0.871. The Morgan fingerprint density at radius 2 is 1.58 bits per heavy atom. The summed E-state index contributed by atoms with van der Waals surface area (Å²) in [5.74, 6) is -0.444. The summed E-state index contributed by atoms with van der Waals surface area (Å²) in [5.41, 5.74) is 4.99. The molecule has 1 saturated heterocycles. The summed E-state index contributed by atoms with van der Waals surface area (Å²) in [5, 5.41) is 17.6. The van der Waals surface area contributed by atoms with Crippen LogP contribution in [0.3, 0.4) is 0 Å². The van der Waals surface area contributed by atoms with Gasteiger partial charge in [-0.2, -0.15) is 0 Å². The Morgan fingerprint density at radius 3 is 2.24 bits per heavy atom. The van der Waals surface area contributed by atoms with Crippen LogP contribution in [0.4, 0.5) is 11.4 Å². The maximum atomic E-state index is 12.5. The van der Waals surface area contributed by atoms with E-state index in [-0.39, 0.29) is 23.8 Å². The Kier molecular flexibility index (Phi) is 9.41. The highest BCUT2D eigenvalue weighted by molar-refractivity contribution is 5.99. The summed E-state index contributed by atoms with van der Waals surface area (Å²) >= 11 is 0. The molecule has 2 aromatic rings. The van der Waals surface area contributed by atoms with Gasteiger partial charge in [0, 0.05) is 29.8 Å². The fourth-order valence-electron chi connectivity index (χ4n) is 3.91. The van der Waals surface area contributed by atoms with Crippen molar-refractivity contribution >= 4 is 29.1 Å². The predicted molar refractivity (Wildman–Crippen MR) is 128 cm³/mol. The number of rotatable bonds is 11. The molecule has 1 aliphatic heterocycles. The van der Waals surface area contributed by atoms with Crippen LogP contribution in [0.25, 0.3) is 11.1 Å². The van der Waals surface area contributed by atoms with Crippen LogP contribution >= 0.6 is 0 Å². The molecule has 1 fully saturated rings. The molecule has 1 atom stereocenters. The van der Waals surface area contributed by atoms with Crippen LogP contribution in [0.15, 0.2) is 48.5 Å². The second-order valence-corrected chi connectivity index (χ2v) is 8.26.